The minimum Gasteiger partial charge on any atom is -0.445 e. The van der Waals surface area contributed by atoms with Crippen LogP contribution in [0.25, 0.3) is 0 Å². The van der Waals surface area contributed by atoms with Crippen LogP contribution in [-0.2, 0) is 16.1 Å². The van der Waals surface area contributed by atoms with Crippen molar-refractivity contribution in [3.63, 3.8) is 0 Å². The third kappa shape index (κ3) is 4.51. The van der Waals surface area contributed by atoms with E-state index in [2.05, 4.69) is 11.9 Å². The Kier molecular flexibility index (Phi) is 4.94. The predicted molar refractivity (Wildman–Crippen MR) is 64.4 cm³/mol. The van der Waals surface area contributed by atoms with E-state index in [1.807, 2.05) is 30.3 Å². The van der Waals surface area contributed by atoms with E-state index in [4.69, 9.17) is 4.74 Å². The number of carbonyl (C=O) groups excluding carboxylic acids is 2. The van der Waals surface area contributed by atoms with Crippen LogP contribution in [0.3, 0.4) is 0 Å². The maximum Gasteiger partial charge on any atom is 0.408 e. The van der Waals surface area contributed by atoms with Gasteiger partial charge in [-0.25, -0.2) is 4.79 Å². The van der Waals surface area contributed by atoms with Crippen LogP contribution in [-0.4, -0.2) is 17.9 Å². The first-order valence-electron chi connectivity index (χ1n) is 5.23. The van der Waals surface area contributed by atoms with Gasteiger partial charge in [0.15, 0.2) is 5.78 Å². The smallest absolute Gasteiger partial charge is 0.408 e. The first kappa shape index (κ1) is 13.0. The van der Waals surface area contributed by atoms with Crippen molar-refractivity contribution in [1.29, 1.82) is 0 Å². The minimum atomic E-state index is -0.696. The first-order valence-corrected chi connectivity index (χ1v) is 5.23. The Morgan fingerprint density at radius 3 is 2.59 bits per heavy atom. The summed E-state index contributed by atoms with van der Waals surface area (Å²) in [5.74, 6) is -0.184. The third-order valence-electron chi connectivity index (χ3n) is 2.16. The van der Waals surface area contributed by atoms with Crippen molar-refractivity contribution in [3.05, 3.63) is 48.6 Å². The Bertz CT molecular complexity index is 400. The highest BCUT2D eigenvalue weighted by molar-refractivity contribution is 5.87. The molecule has 90 valence electrons. The SMILES string of the molecule is C=C[C@H](NC(=O)OCc1ccccc1)C(C)=O. The van der Waals surface area contributed by atoms with Crippen LogP contribution in [0.2, 0.25) is 0 Å². The van der Waals surface area contributed by atoms with E-state index in [1.54, 1.807) is 0 Å². The number of amides is 1. The van der Waals surface area contributed by atoms with Gasteiger partial charge < -0.3 is 10.1 Å². The van der Waals surface area contributed by atoms with E-state index in [1.165, 1.54) is 13.0 Å². The first-order chi connectivity index (χ1) is 8.13. The minimum absolute atomic E-state index is 0.175. The van der Waals surface area contributed by atoms with Crippen molar-refractivity contribution in [1.82, 2.24) is 5.32 Å². The van der Waals surface area contributed by atoms with Gasteiger partial charge in [0.05, 0.1) is 0 Å². The van der Waals surface area contributed by atoms with Crippen LogP contribution in [0.4, 0.5) is 4.79 Å². The molecule has 17 heavy (non-hydrogen) atoms. The Balaban J connectivity index is 2.40. The highest BCUT2D eigenvalue weighted by Crippen LogP contribution is 2.00. The second-order valence-corrected chi connectivity index (χ2v) is 3.53. The van der Waals surface area contributed by atoms with Crippen LogP contribution in [0.5, 0.6) is 0 Å². The van der Waals surface area contributed by atoms with E-state index < -0.39 is 12.1 Å². The lowest BCUT2D eigenvalue weighted by atomic mass is 10.2. The van der Waals surface area contributed by atoms with Crippen LogP contribution >= 0.6 is 0 Å². The summed E-state index contributed by atoms with van der Waals surface area (Å²) in [6.07, 6.45) is 0.737. The number of nitrogens with one attached hydrogen (secondary N) is 1. The summed E-state index contributed by atoms with van der Waals surface area (Å²) >= 11 is 0. The van der Waals surface area contributed by atoms with E-state index in [-0.39, 0.29) is 12.4 Å². The molecule has 0 unspecified atom stereocenters. The molecule has 4 heteroatoms. The van der Waals surface area contributed by atoms with Crippen molar-refractivity contribution < 1.29 is 14.3 Å². The summed E-state index contributed by atoms with van der Waals surface area (Å²) < 4.78 is 4.96. The molecule has 0 aliphatic heterocycles. The molecule has 0 bridgehead atoms. The zero-order chi connectivity index (χ0) is 12.7. The Morgan fingerprint density at radius 1 is 1.41 bits per heavy atom. The molecule has 0 spiro atoms. The lowest BCUT2D eigenvalue weighted by molar-refractivity contribution is -0.117. The van der Waals surface area contributed by atoms with Gasteiger partial charge in [0.25, 0.3) is 0 Å². The molecule has 0 heterocycles. The number of carbonyl (C=O) groups is 2. The van der Waals surface area contributed by atoms with Crippen LogP contribution < -0.4 is 5.32 Å². The molecule has 1 rings (SSSR count). The van der Waals surface area contributed by atoms with Crippen LogP contribution in [0, 0.1) is 0 Å². The molecule has 1 N–H and O–H groups in total. The summed E-state index contributed by atoms with van der Waals surface area (Å²) in [4.78, 5) is 22.4. The fraction of sp³-hybridized carbons (Fsp3) is 0.231. The van der Waals surface area contributed by atoms with Crippen molar-refractivity contribution >= 4 is 11.9 Å². The van der Waals surface area contributed by atoms with E-state index >= 15 is 0 Å². The summed E-state index contributed by atoms with van der Waals surface area (Å²) in [7, 11) is 0. The molecule has 0 aliphatic rings. The third-order valence-corrected chi connectivity index (χ3v) is 2.16. The standard InChI is InChI=1S/C13H15NO3/c1-3-12(10(2)15)14-13(16)17-9-11-7-5-4-6-8-11/h3-8,12H,1,9H2,2H3,(H,14,16)/t12-/m0/s1. The van der Waals surface area contributed by atoms with E-state index in [0.717, 1.165) is 5.56 Å². The van der Waals surface area contributed by atoms with Gasteiger partial charge >= 0.3 is 6.09 Å². The highest BCUT2D eigenvalue weighted by atomic mass is 16.5. The van der Waals surface area contributed by atoms with E-state index in [9.17, 15) is 9.59 Å². The van der Waals surface area contributed by atoms with Crippen LogP contribution in [0.15, 0.2) is 43.0 Å². The van der Waals surface area contributed by atoms with Gasteiger partial charge in [-0.3, -0.25) is 4.79 Å². The fourth-order valence-electron chi connectivity index (χ4n) is 1.22. The average Bonchev–Trinajstić information content (AvgIpc) is 2.34. The summed E-state index contributed by atoms with van der Waals surface area (Å²) in [5, 5.41) is 2.41. The number of ether oxygens (including phenoxy) is 1. The lowest BCUT2D eigenvalue weighted by Gasteiger charge is -2.11. The molecule has 4 nitrogen and oxygen atoms in total. The van der Waals surface area contributed by atoms with Crippen LogP contribution in [0.1, 0.15) is 12.5 Å². The zero-order valence-corrected chi connectivity index (χ0v) is 9.68. The number of alkyl carbamates (subject to hydrolysis) is 1. The Morgan fingerprint density at radius 2 is 2.06 bits per heavy atom. The second-order valence-electron chi connectivity index (χ2n) is 3.53. The Hall–Kier alpha value is -2.10. The predicted octanol–water partition coefficient (Wildman–Crippen LogP) is 2.06. The van der Waals surface area contributed by atoms with Crippen molar-refractivity contribution in [2.45, 2.75) is 19.6 Å². The maximum atomic E-state index is 11.4. The summed E-state index contributed by atoms with van der Waals surface area (Å²) in [5.41, 5.74) is 0.889. The largest absolute Gasteiger partial charge is 0.445 e. The molecule has 0 fully saturated rings. The van der Waals surface area contributed by atoms with Gasteiger partial charge in [0.1, 0.15) is 12.6 Å². The number of hydrogen-bond acceptors (Lipinski definition) is 3. The molecular weight excluding hydrogens is 218 g/mol. The molecule has 0 aromatic heterocycles. The van der Waals surface area contributed by atoms with E-state index in [0.29, 0.717) is 0 Å². The molecule has 0 saturated carbocycles. The number of benzene rings is 1. The van der Waals surface area contributed by atoms with Gasteiger partial charge in [0.2, 0.25) is 0 Å². The van der Waals surface area contributed by atoms with Crippen molar-refractivity contribution in [3.8, 4) is 0 Å². The monoisotopic (exact) mass is 233 g/mol. The molecule has 1 atom stereocenters. The normalized spacial score (nSPS) is 11.4. The molecule has 0 saturated heterocycles. The number of ketones is 1. The maximum absolute atomic E-state index is 11.4. The molecular formula is C13H15NO3. The number of rotatable bonds is 5. The highest BCUT2D eigenvalue weighted by Gasteiger charge is 2.13. The lowest BCUT2D eigenvalue weighted by Crippen LogP contribution is -2.38. The number of Topliss-reactive ketones (excluding diaryl/α,β-unsaturated/α-hetero) is 1. The zero-order valence-electron chi connectivity index (χ0n) is 9.68. The van der Waals surface area contributed by atoms with Gasteiger partial charge in [-0.05, 0) is 12.5 Å². The molecule has 1 aromatic rings. The Labute approximate surface area is 100 Å². The molecule has 0 radical (unpaired) electrons. The van der Waals surface area contributed by atoms with Gasteiger partial charge in [-0.2, -0.15) is 0 Å². The molecule has 0 aliphatic carbocycles. The summed E-state index contributed by atoms with van der Waals surface area (Å²) in [6, 6.07) is 8.61. The molecule has 1 aromatic carbocycles. The van der Waals surface area contributed by atoms with Crippen molar-refractivity contribution in [2.24, 2.45) is 0 Å². The van der Waals surface area contributed by atoms with Crippen molar-refractivity contribution in [2.75, 3.05) is 0 Å². The second kappa shape index (κ2) is 6.48. The topological polar surface area (TPSA) is 55.4 Å². The molecule has 1 amide bonds. The van der Waals surface area contributed by atoms with Gasteiger partial charge in [0, 0.05) is 0 Å². The van der Waals surface area contributed by atoms with Gasteiger partial charge in [-0.15, -0.1) is 6.58 Å². The summed E-state index contributed by atoms with van der Waals surface area (Å²) in [6.45, 7) is 5.02. The quantitative estimate of drug-likeness (QED) is 0.792. The van der Waals surface area contributed by atoms with Gasteiger partial charge in [-0.1, -0.05) is 36.4 Å². The average molecular weight is 233 g/mol. The number of hydrogen-bond donors (Lipinski definition) is 1. The fourth-order valence-corrected chi connectivity index (χ4v) is 1.22.